The molecule has 2 rings (SSSR count). The number of likely N-dealkylation sites (tertiary alicyclic amines) is 1. The van der Waals surface area contributed by atoms with Crippen molar-refractivity contribution in [1.29, 1.82) is 0 Å². The molecule has 2 heterocycles. The Morgan fingerprint density at radius 2 is 2.50 bits per heavy atom. The van der Waals surface area contributed by atoms with E-state index in [9.17, 15) is 9.90 Å². The lowest BCUT2D eigenvalue weighted by atomic mass is 10.1. The molecule has 1 unspecified atom stereocenters. The third-order valence-electron chi connectivity index (χ3n) is 2.60. The molecule has 0 aromatic carbocycles. The molecule has 1 aliphatic rings. The summed E-state index contributed by atoms with van der Waals surface area (Å²) >= 11 is 1.15. The van der Waals surface area contributed by atoms with Crippen LogP contribution in [0.3, 0.4) is 0 Å². The number of piperidine rings is 1. The molecule has 0 radical (unpaired) electrons. The first-order valence-corrected chi connectivity index (χ1v) is 6.11. The molecule has 1 atom stereocenters. The Bertz CT molecular complexity index is 380. The number of rotatable bonds is 3. The number of aliphatic hydroxyl groups excluding tert-OH is 1. The topological polar surface area (TPSA) is 73.7 Å². The van der Waals surface area contributed by atoms with Crippen molar-refractivity contribution in [3.8, 4) is 0 Å². The highest BCUT2D eigenvalue weighted by Gasteiger charge is 2.19. The molecule has 2 N–H and O–H groups in total. The third kappa shape index (κ3) is 2.78. The van der Waals surface area contributed by atoms with Crippen LogP contribution in [0.25, 0.3) is 0 Å². The number of nitrogens with zero attached hydrogens (tertiary/aromatic N) is 2. The Morgan fingerprint density at radius 1 is 1.69 bits per heavy atom. The summed E-state index contributed by atoms with van der Waals surface area (Å²) in [6.07, 6.45) is 1.58. The number of hydrogen-bond acceptors (Lipinski definition) is 5. The minimum absolute atomic E-state index is 0.132. The molecule has 1 aromatic heterocycles. The number of aromatic nitrogens is 1. The van der Waals surface area contributed by atoms with E-state index in [2.05, 4.69) is 9.88 Å². The van der Waals surface area contributed by atoms with Crippen LogP contribution >= 0.6 is 11.3 Å². The van der Waals surface area contributed by atoms with Crippen LogP contribution in [0.2, 0.25) is 0 Å². The predicted octanol–water partition coefficient (Wildman–Crippen LogP) is 0.798. The summed E-state index contributed by atoms with van der Waals surface area (Å²) < 4.78 is 0. The van der Waals surface area contributed by atoms with Gasteiger partial charge in [0, 0.05) is 18.5 Å². The largest absolute Gasteiger partial charge is 0.476 e. The number of carboxylic acids is 1. The van der Waals surface area contributed by atoms with E-state index in [0.717, 1.165) is 36.4 Å². The maximum atomic E-state index is 10.7. The van der Waals surface area contributed by atoms with Gasteiger partial charge >= 0.3 is 5.97 Å². The molecule has 1 fully saturated rings. The Labute approximate surface area is 97.4 Å². The fourth-order valence-electron chi connectivity index (χ4n) is 1.88. The van der Waals surface area contributed by atoms with Crippen LogP contribution < -0.4 is 0 Å². The van der Waals surface area contributed by atoms with Gasteiger partial charge in [-0.05, 0) is 19.4 Å². The van der Waals surface area contributed by atoms with Crippen molar-refractivity contribution in [2.24, 2.45) is 0 Å². The third-order valence-corrected chi connectivity index (χ3v) is 3.48. The molecule has 6 heteroatoms. The summed E-state index contributed by atoms with van der Waals surface area (Å²) in [6, 6.07) is 0. The monoisotopic (exact) mass is 242 g/mol. The summed E-state index contributed by atoms with van der Waals surface area (Å²) in [5, 5.41) is 20.1. The van der Waals surface area contributed by atoms with Gasteiger partial charge in [0.15, 0.2) is 0 Å². The Balaban J connectivity index is 1.95. The van der Waals surface area contributed by atoms with Crippen molar-refractivity contribution in [3.05, 3.63) is 16.1 Å². The van der Waals surface area contributed by atoms with Gasteiger partial charge in [-0.2, -0.15) is 0 Å². The van der Waals surface area contributed by atoms with Gasteiger partial charge in [-0.15, -0.1) is 11.3 Å². The second-order valence-corrected chi connectivity index (χ2v) is 4.84. The number of aliphatic hydroxyl groups is 1. The number of carbonyl (C=O) groups is 1. The maximum Gasteiger partial charge on any atom is 0.365 e. The lowest BCUT2D eigenvalue weighted by Crippen LogP contribution is -2.37. The molecular weight excluding hydrogens is 228 g/mol. The first kappa shape index (κ1) is 11.5. The van der Waals surface area contributed by atoms with Crippen LogP contribution in [0.1, 0.15) is 28.3 Å². The van der Waals surface area contributed by atoms with Gasteiger partial charge in [-0.1, -0.05) is 0 Å². The van der Waals surface area contributed by atoms with E-state index in [0.29, 0.717) is 13.1 Å². The highest BCUT2D eigenvalue weighted by atomic mass is 32.1. The second-order valence-electron chi connectivity index (χ2n) is 3.98. The van der Waals surface area contributed by atoms with Crippen molar-refractivity contribution < 1.29 is 15.0 Å². The summed E-state index contributed by atoms with van der Waals surface area (Å²) in [5.74, 6) is -0.977. The lowest BCUT2D eigenvalue weighted by Gasteiger charge is -2.29. The Kier molecular flexibility index (Phi) is 3.52. The van der Waals surface area contributed by atoms with Gasteiger partial charge in [-0.25, -0.2) is 9.78 Å². The second kappa shape index (κ2) is 4.90. The van der Waals surface area contributed by atoms with Crippen LogP contribution in [-0.2, 0) is 6.54 Å². The van der Waals surface area contributed by atoms with Crippen LogP contribution in [0.4, 0.5) is 0 Å². The fraction of sp³-hybridized carbons (Fsp3) is 0.600. The molecule has 1 aromatic rings. The number of thiazole rings is 1. The minimum atomic E-state index is -0.977. The summed E-state index contributed by atoms with van der Waals surface area (Å²) in [7, 11) is 0. The predicted molar refractivity (Wildman–Crippen MR) is 59.6 cm³/mol. The van der Waals surface area contributed by atoms with Gasteiger partial charge in [-0.3, -0.25) is 4.90 Å². The van der Waals surface area contributed by atoms with Crippen LogP contribution in [0.5, 0.6) is 0 Å². The number of carboxylic acid groups (broad SMARTS) is 1. The molecule has 0 saturated carbocycles. The minimum Gasteiger partial charge on any atom is -0.476 e. The molecule has 0 amide bonds. The van der Waals surface area contributed by atoms with Crippen molar-refractivity contribution >= 4 is 17.3 Å². The van der Waals surface area contributed by atoms with Crippen molar-refractivity contribution in [1.82, 2.24) is 9.88 Å². The molecule has 88 valence electrons. The molecule has 16 heavy (non-hydrogen) atoms. The zero-order valence-corrected chi connectivity index (χ0v) is 9.61. The van der Waals surface area contributed by atoms with E-state index in [1.807, 2.05) is 0 Å². The first-order chi connectivity index (χ1) is 7.65. The number of aromatic carboxylic acids is 1. The van der Waals surface area contributed by atoms with Crippen LogP contribution in [-0.4, -0.2) is 45.3 Å². The van der Waals surface area contributed by atoms with Gasteiger partial charge < -0.3 is 10.2 Å². The highest BCUT2D eigenvalue weighted by molar-refractivity contribution is 7.11. The molecule has 5 nitrogen and oxygen atoms in total. The van der Waals surface area contributed by atoms with E-state index in [4.69, 9.17) is 5.11 Å². The zero-order chi connectivity index (χ0) is 11.5. The first-order valence-electron chi connectivity index (χ1n) is 5.23. The van der Waals surface area contributed by atoms with E-state index in [1.165, 1.54) is 0 Å². The summed E-state index contributed by atoms with van der Waals surface area (Å²) in [4.78, 5) is 16.8. The van der Waals surface area contributed by atoms with Crippen LogP contribution in [0.15, 0.2) is 5.38 Å². The number of β-amino-alcohol motifs (C(OH)–C–C–N with tert-alkyl or cyclic N) is 1. The highest BCUT2D eigenvalue weighted by Crippen LogP contribution is 2.15. The fourth-order valence-corrected chi connectivity index (χ4v) is 2.53. The average molecular weight is 242 g/mol. The zero-order valence-electron chi connectivity index (χ0n) is 8.80. The molecule has 0 spiro atoms. The van der Waals surface area contributed by atoms with Gasteiger partial charge in [0.05, 0.1) is 11.8 Å². The van der Waals surface area contributed by atoms with Gasteiger partial charge in [0.2, 0.25) is 5.01 Å². The lowest BCUT2D eigenvalue weighted by molar-refractivity contribution is 0.0654. The van der Waals surface area contributed by atoms with Gasteiger partial charge in [0.1, 0.15) is 0 Å². The molecule has 0 aliphatic carbocycles. The van der Waals surface area contributed by atoms with E-state index in [-0.39, 0.29) is 11.1 Å². The molecule has 1 aliphatic heterocycles. The number of hydrogen-bond donors (Lipinski definition) is 2. The summed E-state index contributed by atoms with van der Waals surface area (Å²) in [5.41, 5.74) is 0.775. The van der Waals surface area contributed by atoms with Crippen molar-refractivity contribution in [3.63, 3.8) is 0 Å². The molecule has 1 saturated heterocycles. The Hall–Kier alpha value is -0.980. The smallest absolute Gasteiger partial charge is 0.365 e. The average Bonchev–Trinajstić information content (AvgIpc) is 2.66. The van der Waals surface area contributed by atoms with Crippen LogP contribution in [0, 0.1) is 0 Å². The normalized spacial score (nSPS) is 22.2. The van der Waals surface area contributed by atoms with Crippen molar-refractivity contribution in [2.75, 3.05) is 13.1 Å². The Morgan fingerprint density at radius 3 is 3.12 bits per heavy atom. The molecular formula is C10H14N2O3S. The van der Waals surface area contributed by atoms with Crippen molar-refractivity contribution in [2.45, 2.75) is 25.5 Å². The van der Waals surface area contributed by atoms with E-state index in [1.54, 1.807) is 5.38 Å². The van der Waals surface area contributed by atoms with E-state index >= 15 is 0 Å². The van der Waals surface area contributed by atoms with E-state index < -0.39 is 5.97 Å². The maximum absolute atomic E-state index is 10.7. The summed E-state index contributed by atoms with van der Waals surface area (Å²) in [6.45, 7) is 2.22. The van der Waals surface area contributed by atoms with Gasteiger partial charge in [0.25, 0.3) is 0 Å². The standard InChI is InChI=1S/C10H14N2O3S/c13-8-2-1-3-12(5-8)4-7-6-16-9(11-7)10(14)15/h6,8,13H,1-5H2,(H,14,15). The SMILES string of the molecule is O=C(O)c1nc(CN2CCCC(O)C2)cs1. The quantitative estimate of drug-likeness (QED) is 0.820. The molecule has 0 bridgehead atoms.